The third kappa shape index (κ3) is 2.78. The molecule has 1 aromatic heterocycles. The lowest BCUT2D eigenvalue weighted by molar-refractivity contribution is -0.130. The molecule has 4 nitrogen and oxygen atoms in total. The summed E-state index contributed by atoms with van der Waals surface area (Å²) in [5.41, 5.74) is 4.31. The first-order chi connectivity index (χ1) is 12.0. The van der Waals surface area contributed by atoms with E-state index in [0.29, 0.717) is 0 Å². The highest BCUT2D eigenvalue weighted by molar-refractivity contribution is 9.10. The van der Waals surface area contributed by atoms with Crippen LogP contribution in [-0.4, -0.2) is 21.2 Å². The molecule has 2 aromatic carbocycles. The Labute approximate surface area is 154 Å². The minimum atomic E-state index is -0.0674. The van der Waals surface area contributed by atoms with Crippen LogP contribution >= 0.6 is 15.9 Å². The minimum absolute atomic E-state index is 0.0370. The molecule has 0 saturated heterocycles. The SMILES string of the molecule is CC(=O)N1N=C(c2ccc(Br)cc2)C[C@@H]1c1cn(C)c2ccccc12. The number of halogens is 1. The van der Waals surface area contributed by atoms with Crippen LogP contribution in [0.25, 0.3) is 10.9 Å². The summed E-state index contributed by atoms with van der Waals surface area (Å²) >= 11 is 3.46. The Bertz CT molecular complexity index is 988. The van der Waals surface area contributed by atoms with Crippen molar-refractivity contribution < 1.29 is 4.79 Å². The molecule has 4 rings (SSSR count). The number of fused-ring (bicyclic) bond motifs is 1. The van der Waals surface area contributed by atoms with E-state index >= 15 is 0 Å². The van der Waals surface area contributed by atoms with E-state index in [1.165, 1.54) is 5.39 Å². The number of carbonyl (C=O) groups excluding carboxylic acids is 1. The lowest BCUT2D eigenvalue weighted by Gasteiger charge is -2.19. The zero-order chi connectivity index (χ0) is 17.6. The summed E-state index contributed by atoms with van der Waals surface area (Å²) < 4.78 is 3.14. The topological polar surface area (TPSA) is 37.6 Å². The van der Waals surface area contributed by atoms with Gasteiger partial charge in [0.1, 0.15) is 0 Å². The molecule has 126 valence electrons. The van der Waals surface area contributed by atoms with E-state index in [1.54, 1.807) is 11.9 Å². The molecule has 3 aromatic rings. The van der Waals surface area contributed by atoms with Crippen molar-refractivity contribution in [2.45, 2.75) is 19.4 Å². The third-order valence-electron chi connectivity index (χ3n) is 4.70. The van der Waals surface area contributed by atoms with Crippen molar-refractivity contribution in [3.63, 3.8) is 0 Å². The first-order valence-electron chi connectivity index (χ1n) is 8.22. The highest BCUT2D eigenvalue weighted by Crippen LogP contribution is 2.37. The maximum atomic E-state index is 12.2. The van der Waals surface area contributed by atoms with Gasteiger partial charge in [0, 0.05) is 47.5 Å². The third-order valence-corrected chi connectivity index (χ3v) is 5.23. The van der Waals surface area contributed by atoms with Crippen LogP contribution in [0.4, 0.5) is 0 Å². The number of carbonyl (C=O) groups is 1. The molecule has 5 heteroatoms. The van der Waals surface area contributed by atoms with Gasteiger partial charge >= 0.3 is 0 Å². The lowest BCUT2D eigenvalue weighted by atomic mass is 9.98. The van der Waals surface area contributed by atoms with E-state index in [4.69, 9.17) is 0 Å². The second-order valence-electron chi connectivity index (χ2n) is 6.35. The molecule has 0 unspecified atom stereocenters. The molecule has 1 amide bonds. The number of hydrogen-bond donors (Lipinski definition) is 0. The highest BCUT2D eigenvalue weighted by atomic mass is 79.9. The van der Waals surface area contributed by atoms with Crippen LogP contribution in [0.3, 0.4) is 0 Å². The fraction of sp³-hybridized carbons (Fsp3) is 0.200. The average Bonchev–Trinajstić information content (AvgIpc) is 3.18. The van der Waals surface area contributed by atoms with Crippen LogP contribution in [-0.2, 0) is 11.8 Å². The van der Waals surface area contributed by atoms with Crippen LogP contribution in [0.2, 0.25) is 0 Å². The Morgan fingerprint density at radius 2 is 1.88 bits per heavy atom. The number of hydrogen-bond acceptors (Lipinski definition) is 2. The van der Waals surface area contributed by atoms with Crippen LogP contribution < -0.4 is 0 Å². The summed E-state index contributed by atoms with van der Waals surface area (Å²) in [7, 11) is 2.04. The summed E-state index contributed by atoms with van der Waals surface area (Å²) in [4.78, 5) is 12.2. The van der Waals surface area contributed by atoms with Crippen LogP contribution in [0.5, 0.6) is 0 Å². The number of nitrogens with zero attached hydrogens (tertiary/aromatic N) is 3. The summed E-state index contributed by atoms with van der Waals surface area (Å²) in [5.74, 6) is -0.0370. The molecule has 1 aliphatic rings. The van der Waals surface area contributed by atoms with Crippen LogP contribution in [0, 0.1) is 0 Å². The van der Waals surface area contributed by atoms with E-state index in [9.17, 15) is 4.79 Å². The van der Waals surface area contributed by atoms with Crippen LogP contribution in [0.1, 0.15) is 30.5 Å². The quantitative estimate of drug-likeness (QED) is 0.622. The summed E-state index contributed by atoms with van der Waals surface area (Å²) in [6.45, 7) is 1.58. The average molecular weight is 396 g/mol. The zero-order valence-corrected chi connectivity index (χ0v) is 15.7. The van der Waals surface area contributed by atoms with Crippen molar-refractivity contribution in [2.24, 2.45) is 12.1 Å². The largest absolute Gasteiger partial charge is 0.350 e. The normalized spacial score (nSPS) is 17.2. The molecule has 0 aliphatic carbocycles. The molecule has 1 aliphatic heterocycles. The second-order valence-corrected chi connectivity index (χ2v) is 7.27. The fourth-order valence-electron chi connectivity index (χ4n) is 3.50. The van der Waals surface area contributed by atoms with Gasteiger partial charge in [0.2, 0.25) is 5.91 Å². The number of rotatable bonds is 2. The van der Waals surface area contributed by atoms with Crippen molar-refractivity contribution in [2.75, 3.05) is 0 Å². The van der Waals surface area contributed by atoms with Crippen molar-refractivity contribution in [3.05, 3.63) is 70.3 Å². The summed E-state index contributed by atoms with van der Waals surface area (Å²) in [6, 6.07) is 16.3. The number of hydrazone groups is 1. The molecule has 0 spiro atoms. The Morgan fingerprint density at radius 3 is 2.60 bits per heavy atom. The Balaban J connectivity index is 1.77. The van der Waals surface area contributed by atoms with E-state index in [-0.39, 0.29) is 11.9 Å². The molecule has 25 heavy (non-hydrogen) atoms. The maximum absolute atomic E-state index is 12.2. The Morgan fingerprint density at radius 1 is 1.16 bits per heavy atom. The highest BCUT2D eigenvalue weighted by Gasteiger charge is 2.33. The molecule has 0 saturated carbocycles. The van der Waals surface area contributed by atoms with Crippen molar-refractivity contribution in [1.29, 1.82) is 0 Å². The number of para-hydroxylation sites is 1. The molecule has 0 fully saturated rings. The number of benzene rings is 2. The van der Waals surface area contributed by atoms with Gasteiger partial charge in [-0.1, -0.05) is 46.3 Å². The Hall–Kier alpha value is -2.40. The van der Waals surface area contributed by atoms with E-state index < -0.39 is 0 Å². The molecule has 0 radical (unpaired) electrons. The smallest absolute Gasteiger partial charge is 0.240 e. The predicted molar refractivity (Wildman–Crippen MR) is 103 cm³/mol. The molecule has 0 bridgehead atoms. The standard InChI is InChI=1S/C20H18BrN3O/c1-13(25)24-20(11-18(22-24)14-7-9-15(21)10-8-14)17-12-23(2)19-6-4-3-5-16(17)19/h3-10,12,20H,11H2,1-2H3/t20-/m1/s1. The lowest BCUT2D eigenvalue weighted by Crippen LogP contribution is -2.24. The van der Waals surface area contributed by atoms with E-state index in [0.717, 1.165) is 33.2 Å². The van der Waals surface area contributed by atoms with Gasteiger partial charge in [0.15, 0.2) is 0 Å². The molecule has 0 N–H and O–H groups in total. The van der Waals surface area contributed by atoms with Crippen molar-refractivity contribution >= 4 is 38.5 Å². The minimum Gasteiger partial charge on any atom is -0.350 e. The van der Waals surface area contributed by atoms with Gasteiger partial charge in [0.25, 0.3) is 0 Å². The van der Waals surface area contributed by atoms with E-state index in [1.807, 2.05) is 43.4 Å². The second kappa shape index (κ2) is 6.15. The van der Waals surface area contributed by atoms with Crippen LogP contribution in [0.15, 0.2) is 64.3 Å². The van der Waals surface area contributed by atoms with Gasteiger partial charge in [-0.3, -0.25) is 4.79 Å². The van der Waals surface area contributed by atoms with Gasteiger partial charge in [-0.05, 0) is 23.8 Å². The molecular formula is C20H18BrN3O. The van der Waals surface area contributed by atoms with Gasteiger partial charge in [0.05, 0.1) is 11.8 Å². The first-order valence-corrected chi connectivity index (χ1v) is 9.01. The fourth-order valence-corrected chi connectivity index (χ4v) is 3.76. The van der Waals surface area contributed by atoms with E-state index in [2.05, 4.69) is 43.9 Å². The maximum Gasteiger partial charge on any atom is 0.240 e. The first kappa shape index (κ1) is 16.1. The van der Waals surface area contributed by atoms with Crippen molar-refractivity contribution in [3.8, 4) is 0 Å². The monoisotopic (exact) mass is 395 g/mol. The van der Waals surface area contributed by atoms with Gasteiger partial charge in [-0.15, -0.1) is 0 Å². The molecular weight excluding hydrogens is 378 g/mol. The number of aromatic nitrogens is 1. The molecule has 2 heterocycles. The Kier molecular flexibility index (Phi) is 3.96. The summed E-state index contributed by atoms with van der Waals surface area (Å²) in [5, 5.41) is 7.44. The summed E-state index contributed by atoms with van der Waals surface area (Å²) in [6.07, 6.45) is 2.83. The zero-order valence-electron chi connectivity index (χ0n) is 14.1. The van der Waals surface area contributed by atoms with Gasteiger partial charge < -0.3 is 4.57 Å². The number of aryl methyl sites for hydroxylation is 1. The van der Waals surface area contributed by atoms with Gasteiger partial charge in [-0.2, -0.15) is 5.10 Å². The van der Waals surface area contributed by atoms with Crippen molar-refractivity contribution in [1.82, 2.24) is 9.58 Å². The van der Waals surface area contributed by atoms with Gasteiger partial charge in [-0.25, -0.2) is 5.01 Å². The predicted octanol–water partition coefficient (Wildman–Crippen LogP) is 4.64. The molecule has 1 atom stereocenters. The number of amides is 1.